The first kappa shape index (κ1) is 10.7. The normalized spacial score (nSPS) is 13.3. The number of hydrogen-bond acceptors (Lipinski definition) is 0. The van der Waals surface area contributed by atoms with Crippen molar-refractivity contribution >= 4 is 69.6 Å². The smallest absolute Gasteiger partial charge is 0.102 e. The zero-order valence-electron chi connectivity index (χ0n) is 3.85. The van der Waals surface area contributed by atoms with Crippen LogP contribution in [0.4, 0.5) is 0 Å². The van der Waals surface area contributed by atoms with E-state index in [9.17, 15) is 0 Å². The average Bonchev–Trinajstić information content (AvgIpc) is 1.65. The summed E-state index contributed by atoms with van der Waals surface area (Å²) in [5.41, 5.74) is 0. The number of halogens is 6. The molecule has 0 saturated carbocycles. The van der Waals surface area contributed by atoms with Gasteiger partial charge in [0.15, 0.2) is 9.17 Å². The van der Waals surface area contributed by atoms with Gasteiger partial charge in [0.05, 0.1) is 0 Å². The van der Waals surface area contributed by atoms with E-state index in [2.05, 4.69) is 0 Å². The topological polar surface area (TPSA) is 0 Å². The molecule has 0 aromatic carbocycles. The summed E-state index contributed by atoms with van der Waals surface area (Å²) in [6, 6.07) is 0. The third-order valence-corrected chi connectivity index (χ3v) is 3.42. The predicted octanol–water partition coefficient (Wildman–Crippen LogP) is 3.93. The van der Waals surface area contributed by atoms with Crippen LogP contribution < -0.4 is 0 Å². The lowest BCUT2D eigenvalue weighted by atomic mass is 10.5. The fraction of sp³-hybridized carbons (Fsp3) is 0.667. The van der Waals surface area contributed by atoms with Crippen molar-refractivity contribution in [2.45, 2.75) is 9.17 Å². The second-order valence-electron chi connectivity index (χ2n) is 1.18. The van der Waals surface area contributed by atoms with Crippen molar-refractivity contribution in [3.63, 3.8) is 0 Å². The summed E-state index contributed by atoms with van der Waals surface area (Å²) < 4.78 is -1.58. The fourth-order valence-corrected chi connectivity index (χ4v) is 0.742. The zero-order chi connectivity index (χ0) is 7.65. The first-order valence-corrected chi connectivity index (χ1v) is 4.12. The molecule has 0 aromatic rings. The van der Waals surface area contributed by atoms with E-state index in [4.69, 9.17) is 69.6 Å². The van der Waals surface area contributed by atoms with E-state index in [-0.39, 0.29) is 4.84 Å². The van der Waals surface area contributed by atoms with E-state index in [0.29, 0.717) is 0 Å². The highest BCUT2D eigenvalue weighted by molar-refractivity contribution is 6.70. The minimum absolute atomic E-state index is 0.263. The van der Waals surface area contributed by atoms with Gasteiger partial charge in [-0.2, -0.15) is 0 Å². The van der Waals surface area contributed by atoms with Crippen LogP contribution in [0, 0.1) is 4.84 Å². The molecule has 0 nitrogen and oxygen atoms in total. The molecule has 0 aromatic heterocycles. The SMILES string of the molecule is Cl[C](Cl)C(Cl)(Cl)C(Cl)Cl. The molecule has 0 spiro atoms. The predicted molar refractivity (Wildman–Crippen MR) is 44.9 cm³/mol. The molecule has 0 N–H and O–H groups in total. The second-order valence-corrected chi connectivity index (χ2v) is 4.62. The summed E-state index contributed by atoms with van der Waals surface area (Å²) >= 11 is 31.8. The summed E-state index contributed by atoms with van der Waals surface area (Å²) in [6.45, 7) is 0. The molecule has 0 atom stereocenters. The van der Waals surface area contributed by atoms with Gasteiger partial charge in [-0.15, -0.1) is 23.2 Å². The maximum Gasteiger partial charge on any atom is 0.189 e. The van der Waals surface area contributed by atoms with Crippen molar-refractivity contribution in [1.82, 2.24) is 0 Å². The Hall–Kier alpha value is 1.74. The molecule has 0 rings (SSSR count). The molecule has 0 amide bonds. The van der Waals surface area contributed by atoms with E-state index in [1.807, 2.05) is 0 Å². The maximum atomic E-state index is 5.41. The maximum absolute atomic E-state index is 5.41. The van der Waals surface area contributed by atoms with Gasteiger partial charge in [0.1, 0.15) is 4.84 Å². The number of hydrogen-bond donors (Lipinski definition) is 0. The lowest BCUT2D eigenvalue weighted by Crippen LogP contribution is -2.24. The third-order valence-electron chi connectivity index (χ3n) is 0.526. The molecule has 1 radical (unpaired) electrons. The molecule has 0 bridgehead atoms. The summed E-state index contributed by atoms with van der Waals surface area (Å²) in [5, 5.41) is 0. The largest absolute Gasteiger partial charge is 0.189 e. The van der Waals surface area contributed by atoms with Gasteiger partial charge >= 0.3 is 0 Å². The summed E-state index contributed by atoms with van der Waals surface area (Å²) in [4.78, 5) is -1.30. The second kappa shape index (κ2) is 3.94. The van der Waals surface area contributed by atoms with Crippen LogP contribution >= 0.6 is 69.6 Å². The van der Waals surface area contributed by atoms with Gasteiger partial charge in [0.25, 0.3) is 0 Å². The molecule has 0 aliphatic rings. The Bertz CT molecular complexity index is 76.3. The Morgan fingerprint density at radius 3 is 1.44 bits per heavy atom. The van der Waals surface area contributed by atoms with E-state index in [1.54, 1.807) is 0 Å². The minimum Gasteiger partial charge on any atom is -0.102 e. The van der Waals surface area contributed by atoms with Gasteiger partial charge < -0.3 is 0 Å². The van der Waals surface area contributed by atoms with Gasteiger partial charge in [-0.3, -0.25) is 0 Å². The van der Waals surface area contributed by atoms with Gasteiger partial charge in [-0.05, 0) is 0 Å². The van der Waals surface area contributed by atoms with Crippen LogP contribution in [0.1, 0.15) is 0 Å². The van der Waals surface area contributed by atoms with E-state index < -0.39 is 9.17 Å². The third kappa shape index (κ3) is 3.09. The minimum atomic E-state index is -1.58. The Kier molecular flexibility index (Phi) is 4.70. The average molecular weight is 250 g/mol. The van der Waals surface area contributed by atoms with E-state index >= 15 is 0 Å². The first-order chi connectivity index (χ1) is 3.89. The van der Waals surface area contributed by atoms with Crippen molar-refractivity contribution in [2.75, 3.05) is 0 Å². The highest BCUT2D eigenvalue weighted by Gasteiger charge is 2.40. The van der Waals surface area contributed by atoms with Gasteiger partial charge in [0.2, 0.25) is 0 Å². The summed E-state index contributed by atoms with van der Waals surface area (Å²) in [6.07, 6.45) is 0. The van der Waals surface area contributed by atoms with Crippen LogP contribution in [0.15, 0.2) is 0 Å². The Labute approximate surface area is 83.3 Å². The van der Waals surface area contributed by atoms with Crippen LogP contribution in [-0.4, -0.2) is 9.17 Å². The molecule has 55 valence electrons. The molecule has 0 heterocycles. The summed E-state index contributed by atoms with van der Waals surface area (Å²) in [5.74, 6) is 0. The number of alkyl halides is 4. The first-order valence-electron chi connectivity index (χ1n) is 1.73. The molecular weight excluding hydrogens is 249 g/mol. The molecule has 0 aliphatic heterocycles. The zero-order valence-corrected chi connectivity index (χ0v) is 8.38. The quantitative estimate of drug-likeness (QED) is 0.651. The Balaban J connectivity index is 4.01. The Morgan fingerprint density at radius 2 is 1.44 bits per heavy atom. The summed E-state index contributed by atoms with van der Waals surface area (Å²) in [7, 11) is 0. The van der Waals surface area contributed by atoms with Crippen LogP contribution in [0.25, 0.3) is 0 Å². The molecule has 0 saturated heterocycles. The van der Waals surface area contributed by atoms with Gasteiger partial charge in [0, 0.05) is 0 Å². The fourth-order valence-electron chi connectivity index (χ4n) is 0.0825. The van der Waals surface area contributed by atoms with Crippen LogP contribution in [-0.2, 0) is 0 Å². The van der Waals surface area contributed by atoms with E-state index in [0.717, 1.165) is 0 Å². The van der Waals surface area contributed by atoms with Crippen molar-refractivity contribution in [3.8, 4) is 0 Å². The highest BCUT2D eigenvalue weighted by atomic mass is 35.5. The van der Waals surface area contributed by atoms with Crippen LogP contribution in [0.2, 0.25) is 0 Å². The van der Waals surface area contributed by atoms with Gasteiger partial charge in [-0.25, -0.2) is 0 Å². The molecule has 6 heteroatoms. The molecule has 0 aliphatic carbocycles. The molecule has 9 heavy (non-hydrogen) atoms. The standard InChI is InChI=1S/C3HCl6/c4-1(5)3(8,9)2(6)7/h1H. The number of rotatable bonds is 2. The van der Waals surface area contributed by atoms with Gasteiger partial charge in [-0.1, -0.05) is 46.4 Å². The molecular formula is C3HCl6. The molecule has 0 unspecified atom stereocenters. The highest BCUT2D eigenvalue weighted by Crippen LogP contribution is 2.44. The van der Waals surface area contributed by atoms with Crippen molar-refractivity contribution in [2.24, 2.45) is 0 Å². The lowest BCUT2D eigenvalue weighted by molar-refractivity contribution is 1.01. The van der Waals surface area contributed by atoms with E-state index in [1.165, 1.54) is 0 Å². The van der Waals surface area contributed by atoms with Crippen molar-refractivity contribution in [3.05, 3.63) is 4.84 Å². The van der Waals surface area contributed by atoms with Crippen molar-refractivity contribution in [1.29, 1.82) is 0 Å². The van der Waals surface area contributed by atoms with Crippen LogP contribution in [0.3, 0.4) is 0 Å². The molecule has 0 fully saturated rings. The lowest BCUT2D eigenvalue weighted by Gasteiger charge is -2.19. The van der Waals surface area contributed by atoms with Crippen LogP contribution in [0.5, 0.6) is 0 Å². The monoisotopic (exact) mass is 247 g/mol. The Morgan fingerprint density at radius 1 is 1.11 bits per heavy atom. The van der Waals surface area contributed by atoms with Crippen molar-refractivity contribution < 1.29 is 0 Å².